The minimum absolute atomic E-state index is 0.00276. The minimum atomic E-state index is -2.74. The summed E-state index contributed by atoms with van der Waals surface area (Å²) in [5.74, 6) is -0.689. The number of aromatic nitrogens is 4. The van der Waals surface area contributed by atoms with Gasteiger partial charge in [-0.1, -0.05) is 6.07 Å². The van der Waals surface area contributed by atoms with Crippen molar-refractivity contribution in [2.45, 2.75) is 62.8 Å². The molecule has 2 saturated heterocycles. The highest BCUT2D eigenvalue weighted by Crippen LogP contribution is 2.43. The Morgan fingerprint density at radius 2 is 2.00 bits per heavy atom. The number of benzene rings is 1. The average Bonchev–Trinajstić information content (AvgIpc) is 2.86. The topological polar surface area (TPSA) is 96.3 Å². The van der Waals surface area contributed by atoms with Crippen molar-refractivity contribution < 1.29 is 22.7 Å². The number of hydrogen-bond donors (Lipinski definition) is 2. The van der Waals surface area contributed by atoms with Crippen molar-refractivity contribution in [3.8, 4) is 34.1 Å². The Balaban J connectivity index is 1.37. The summed E-state index contributed by atoms with van der Waals surface area (Å²) in [6, 6.07) is 5.08. The van der Waals surface area contributed by atoms with E-state index in [1.807, 2.05) is 6.92 Å². The molecule has 0 unspecified atom stereocenters. The lowest BCUT2D eigenvalue weighted by Gasteiger charge is -2.56. The van der Waals surface area contributed by atoms with E-state index in [0.29, 0.717) is 12.2 Å². The predicted octanol–water partition coefficient (Wildman–Crippen LogP) is 4.29. The summed E-state index contributed by atoms with van der Waals surface area (Å²) in [6.07, 6.45) is 4.59. The van der Waals surface area contributed by atoms with Gasteiger partial charge in [0.2, 0.25) is 5.88 Å². The van der Waals surface area contributed by atoms with Crippen LogP contribution in [-0.4, -0.2) is 62.6 Å². The number of halogens is 2. The average molecular weight is 500 g/mol. The molecule has 0 radical (unpaired) electrons. The van der Waals surface area contributed by atoms with Gasteiger partial charge in [0, 0.05) is 29.8 Å². The molecule has 2 aliphatic rings. The van der Waals surface area contributed by atoms with E-state index in [4.69, 9.17) is 8.85 Å². The van der Waals surface area contributed by atoms with Crippen LogP contribution in [0.3, 0.4) is 0 Å². The lowest BCUT2D eigenvalue weighted by molar-refractivity contribution is 0.00193. The van der Waals surface area contributed by atoms with Gasteiger partial charge in [-0.15, -0.1) is 10.2 Å². The van der Waals surface area contributed by atoms with E-state index >= 15 is 4.39 Å². The number of phenolic OH excluding ortho intramolecular Hbond substituents is 1. The van der Waals surface area contributed by atoms with Crippen LogP contribution in [0.1, 0.15) is 43.6 Å². The first-order valence-corrected chi connectivity index (χ1v) is 11.8. The minimum Gasteiger partial charge on any atom is -0.507 e. The zero-order valence-electron chi connectivity index (χ0n) is 23.3. The summed E-state index contributed by atoms with van der Waals surface area (Å²) in [4.78, 5) is 9.78. The number of hydrogen-bond acceptors (Lipinski definition) is 8. The van der Waals surface area contributed by atoms with E-state index in [-0.39, 0.29) is 39.7 Å². The maximum absolute atomic E-state index is 15.6. The van der Waals surface area contributed by atoms with Crippen LogP contribution in [0, 0.1) is 5.82 Å². The summed E-state index contributed by atoms with van der Waals surface area (Å²) < 4.78 is 56.5. The number of fused-ring (bicyclic) bond motifs is 2. The van der Waals surface area contributed by atoms with Gasteiger partial charge in [0.1, 0.15) is 17.7 Å². The third-order valence-electron chi connectivity index (χ3n) is 7.51. The maximum atomic E-state index is 15.6. The van der Waals surface area contributed by atoms with Crippen molar-refractivity contribution in [1.29, 1.82) is 0 Å². The number of alkyl halides is 1. The van der Waals surface area contributed by atoms with Gasteiger partial charge in [-0.3, -0.25) is 0 Å². The highest BCUT2D eigenvalue weighted by Gasteiger charge is 2.53. The van der Waals surface area contributed by atoms with Crippen LogP contribution in [0.15, 0.2) is 36.7 Å². The summed E-state index contributed by atoms with van der Waals surface area (Å²) in [7, 11) is -0.956. The van der Waals surface area contributed by atoms with Crippen LogP contribution in [0.2, 0.25) is 0 Å². The SMILES string of the molecule is [2H]C([2H])([2H])Oc1cc(-c2ccc(-c3ncc(N(C)[C@H]4C[C@]5(C)CCC[C@@](C)(N5)[C@H]4F)nn3)c(O)c2)c(F)cn1. The number of pyridine rings is 1. The molecule has 2 N–H and O–H groups in total. The standard InChI is InChI=1S/C26H30F2N6O2/c1-25-8-5-9-26(2,33-25)23(28)19(12-25)34(3)21-14-30-24(32-31-21)16-7-6-15(10-20(16)35)17-11-22(36-4)29-13-18(17)27/h6-7,10-11,13-14,19,23,33,35H,5,8-9,12H2,1-4H3/t19-,23-,25-,26+/m0/s1/i4D3. The molecule has 2 aliphatic heterocycles. The Kier molecular flexibility index (Phi) is 5.14. The molecule has 36 heavy (non-hydrogen) atoms. The molecule has 1 aromatic carbocycles. The van der Waals surface area contributed by atoms with E-state index in [1.54, 1.807) is 11.9 Å². The molecule has 5 rings (SSSR count). The molecule has 2 fully saturated rings. The van der Waals surface area contributed by atoms with Gasteiger partial charge < -0.3 is 20.1 Å². The molecule has 190 valence electrons. The van der Waals surface area contributed by atoms with Crippen LogP contribution in [0.5, 0.6) is 11.6 Å². The first-order chi connectivity index (χ1) is 18.3. The first-order valence-electron chi connectivity index (χ1n) is 13.3. The molecule has 4 heterocycles. The van der Waals surface area contributed by atoms with E-state index in [2.05, 4.69) is 32.4 Å². The highest BCUT2D eigenvalue weighted by molar-refractivity contribution is 5.73. The largest absolute Gasteiger partial charge is 0.507 e. The fourth-order valence-electron chi connectivity index (χ4n) is 5.65. The molecule has 0 saturated carbocycles. The molecular formula is C26H30F2N6O2. The van der Waals surface area contributed by atoms with Crippen molar-refractivity contribution in [1.82, 2.24) is 25.5 Å². The number of aromatic hydroxyl groups is 1. The summed E-state index contributed by atoms with van der Waals surface area (Å²) in [6.45, 7) is 4.07. The van der Waals surface area contributed by atoms with Crippen molar-refractivity contribution in [3.63, 3.8) is 0 Å². The Morgan fingerprint density at radius 3 is 2.72 bits per heavy atom. The number of methoxy groups -OCH3 is 1. The number of piperidine rings is 2. The van der Waals surface area contributed by atoms with Gasteiger partial charge in [-0.05, 0) is 57.2 Å². The molecule has 0 aliphatic carbocycles. The van der Waals surface area contributed by atoms with E-state index in [1.165, 1.54) is 24.4 Å². The molecule has 0 amide bonds. The third-order valence-corrected chi connectivity index (χ3v) is 7.51. The summed E-state index contributed by atoms with van der Waals surface area (Å²) >= 11 is 0. The van der Waals surface area contributed by atoms with Crippen molar-refractivity contribution in [3.05, 3.63) is 42.5 Å². The molecule has 3 aromatic rings. The van der Waals surface area contributed by atoms with Crippen LogP contribution in [0.4, 0.5) is 14.6 Å². The Labute approximate surface area is 213 Å². The van der Waals surface area contributed by atoms with Crippen molar-refractivity contribution >= 4 is 5.82 Å². The highest BCUT2D eigenvalue weighted by atomic mass is 19.1. The molecule has 2 bridgehead atoms. The fourth-order valence-corrected chi connectivity index (χ4v) is 5.65. The molecule has 0 spiro atoms. The van der Waals surface area contributed by atoms with E-state index < -0.39 is 30.6 Å². The van der Waals surface area contributed by atoms with Crippen molar-refractivity contribution in [2.24, 2.45) is 0 Å². The lowest BCUT2D eigenvalue weighted by Crippen LogP contribution is -2.72. The van der Waals surface area contributed by atoms with Crippen molar-refractivity contribution in [2.75, 3.05) is 19.0 Å². The number of nitrogens with one attached hydrogen (secondary N) is 1. The second kappa shape index (κ2) is 8.92. The molecule has 10 heteroatoms. The Bertz CT molecular complexity index is 1380. The molecular weight excluding hydrogens is 466 g/mol. The van der Waals surface area contributed by atoms with Crippen LogP contribution in [0.25, 0.3) is 22.5 Å². The second-order valence-corrected chi connectivity index (χ2v) is 10.2. The smallest absolute Gasteiger partial charge is 0.213 e. The van der Waals surface area contributed by atoms with Gasteiger partial charge in [-0.25, -0.2) is 18.7 Å². The Hall–Kier alpha value is -3.40. The number of rotatable bonds is 5. The Morgan fingerprint density at radius 1 is 1.17 bits per heavy atom. The summed E-state index contributed by atoms with van der Waals surface area (Å²) in [5.41, 5.74) is -0.238. The zero-order valence-corrected chi connectivity index (χ0v) is 20.3. The second-order valence-electron chi connectivity index (χ2n) is 10.2. The number of ether oxygens (including phenoxy) is 1. The third kappa shape index (κ3) is 4.23. The molecule has 2 aromatic heterocycles. The molecule has 4 atom stereocenters. The first kappa shape index (κ1) is 20.8. The number of phenols is 1. The summed E-state index contributed by atoms with van der Waals surface area (Å²) in [5, 5.41) is 22.6. The van der Waals surface area contributed by atoms with E-state index in [0.717, 1.165) is 31.5 Å². The van der Waals surface area contributed by atoms with Gasteiger partial charge in [0.25, 0.3) is 0 Å². The normalized spacial score (nSPS) is 29.1. The van der Waals surface area contributed by atoms with Gasteiger partial charge in [0.15, 0.2) is 11.6 Å². The number of anilines is 1. The predicted molar refractivity (Wildman–Crippen MR) is 132 cm³/mol. The molecule has 8 nitrogen and oxygen atoms in total. The van der Waals surface area contributed by atoms with Gasteiger partial charge >= 0.3 is 0 Å². The van der Waals surface area contributed by atoms with Crippen LogP contribution in [-0.2, 0) is 0 Å². The van der Waals surface area contributed by atoms with Crippen LogP contribution >= 0.6 is 0 Å². The van der Waals surface area contributed by atoms with E-state index in [9.17, 15) is 9.50 Å². The zero-order chi connectivity index (χ0) is 28.2. The maximum Gasteiger partial charge on any atom is 0.213 e. The fraction of sp³-hybridized carbons (Fsp3) is 0.462. The van der Waals surface area contributed by atoms with Gasteiger partial charge in [0.05, 0.1) is 35.1 Å². The van der Waals surface area contributed by atoms with Crippen LogP contribution < -0.4 is 15.0 Å². The monoisotopic (exact) mass is 499 g/mol. The quantitative estimate of drug-likeness (QED) is 0.537. The van der Waals surface area contributed by atoms with Gasteiger partial charge in [-0.2, -0.15) is 0 Å². The lowest BCUT2D eigenvalue weighted by atomic mass is 9.68. The number of nitrogens with zero attached hydrogens (tertiary/aromatic N) is 5.